The Balaban J connectivity index is 2.61. The van der Waals surface area contributed by atoms with Gasteiger partial charge >= 0.3 is 0 Å². The Kier molecular flexibility index (Phi) is 5.18. The van der Waals surface area contributed by atoms with Gasteiger partial charge in [-0.1, -0.05) is 6.08 Å². The van der Waals surface area contributed by atoms with Crippen LogP contribution in [0.1, 0.15) is 31.0 Å². The highest BCUT2D eigenvalue weighted by atomic mass is 79.9. The minimum atomic E-state index is 0.137. The van der Waals surface area contributed by atoms with Crippen LogP contribution in [0.2, 0.25) is 0 Å². The summed E-state index contributed by atoms with van der Waals surface area (Å²) >= 11 is 3.28. The van der Waals surface area contributed by atoms with E-state index < -0.39 is 0 Å². The standard InChI is InChI=1S/C11H13BrN2O/c1-2-9(5-3-4-6-15)11-13-7-10(12)8-14-11/h2,6-9H,1,3-5H2. The third kappa shape index (κ3) is 3.91. The highest BCUT2D eigenvalue weighted by Crippen LogP contribution is 2.19. The summed E-state index contributed by atoms with van der Waals surface area (Å²) in [6.45, 7) is 3.76. The number of aromatic nitrogens is 2. The Morgan fingerprint density at radius 2 is 2.13 bits per heavy atom. The molecule has 0 aromatic carbocycles. The molecule has 1 rings (SSSR count). The molecule has 0 radical (unpaired) electrons. The first-order valence-electron chi connectivity index (χ1n) is 4.81. The molecule has 0 spiro atoms. The largest absolute Gasteiger partial charge is 0.303 e. The van der Waals surface area contributed by atoms with Crippen molar-refractivity contribution in [2.24, 2.45) is 0 Å². The average Bonchev–Trinajstić information content (AvgIpc) is 2.26. The lowest BCUT2D eigenvalue weighted by Gasteiger charge is -2.09. The molecule has 1 heterocycles. The van der Waals surface area contributed by atoms with Crippen molar-refractivity contribution in [1.82, 2.24) is 9.97 Å². The summed E-state index contributed by atoms with van der Waals surface area (Å²) in [5.41, 5.74) is 0. The number of halogens is 1. The predicted molar refractivity (Wildman–Crippen MR) is 62.6 cm³/mol. The van der Waals surface area contributed by atoms with E-state index in [1.807, 2.05) is 6.08 Å². The summed E-state index contributed by atoms with van der Waals surface area (Å²) < 4.78 is 0.863. The molecule has 0 saturated carbocycles. The van der Waals surface area contributed by atoms with Gasteiger partial charge < -0.3 is 4.79 Å². The fourth-order valence-electron chi connectivity index (χ4n) is 1.29. The van der Waals surface area contributed by atoms with Crippen LogP contribution in [0.3, 0.4) is 0 Å². The van der Waals surface area contributed by atoms with Crippen molar-refractivity contribution in [2.45, 2.75) is 25.2 Å². The summed E-state index contributed by atoms with van der Waals surface area (Å²) in [7, 11) is 0. The second-order valence-corrected chi connectivity index (χ2v) is 4.11. The molecule has 3 nitrogen and oxygen atoms in total. The van der Waals surface area contributed by atoms with Crippen molar-refractivity contribution >= 4 is 22.2 Å². The number of allylic oxidation sites excluding steroid dienone is 1. The SMILES string of the molecule is C=CC(CCCC=O)c1ncc(Br)cn1. The maximum atomic E-state index is 10.2. The minimum Gasteiger partial charge on any atom is -0.303 e. The second-order valence-electron chi connectivity index (χ2n) is 3.20. The average molecular weight is 269 g/mol. The first kappa shape index (κ1) is 12.0. The predicted octanol–water partition coefficient (Wildman–Crippen LogP) is 2.88. The smallest absolute Gasteiger partial charge is 0.135 e. The first-order valence-corrected chi connectivity index (χ1v) is 5.61. The maximum absolute atomic E-state index is 10.2. The van der Waals surface area contributed by atoms with E-state index in [9.17, 15) is 4.79 Å². The lowest BCUT2D eigenvalue weighted by atomic mass is 10.0. The lowest BCUT2D eigenvalue weighted by Crippen LogP contribution is -2.01. The summed E-state index contributed by atoms with van der Waals surface area (Å²) in [5, 5.41) is 0. The van der Waals surface area contributed by atoms with E-state index in [0.29, 0.717) is 6.42 Å². The Labute approximate surface area is 97.8 Å². The molecule has 0 bridgehead atoms. The number of nitrogens with zero attached hydrogens (tertiary/aromatic N) is 2. The zero-order valence-electron chi connectivity index (χ0n) is 8.40. The molecule has 1 atom stereocenters. The first-order chi connectivity index (χ1) is 7.27. The topological polar surface area (TPSA) is 42.9 Å². The summed E-state index contributed by atoms with van der Waals surface area (Å²) in [6, 6.07) is 0. The van der Waals surface area contributed by atoms with Crippen LogP contribution in [0.25, 0.3) is 0 Å². The zero-order valence-corrected chi connectivity index (χ0v) is 9.98. The Hall–Kier alpha value is -1.03. The van der Waals surface area contributed by atoms with E-state index in [-0.39, 0.29) is 5.92 Å². The van der Waals surface area contributed by atoms with Gasteiger partial charge in [-0.15, -0.1) is 6.58 Å². The van der Waals surface area contributed by atoms with Gasteiger partial charge in [-0.25, -0.2) is 9.97 Å². The van der Waals surface area contributed by atoms with Gasteiger partial charge in [-0.3, -0.25) is 0 Å². The fourth-order valence-corrected chi connectivity index (χ4v) is 1.49. The summed E-state index contributed by atoms with van der Waals surface area (Å²) in [4.78, 5) is 18.6. The molecule has 0 aliphatic carbocycles. The van der Waals surface area contributed by atoms with Crippen LogP contribution in [0.4, 0.5) is 0 Å². The van der Waals surface area contributed by atoms with Crippen molar-refractivity contribution in [2.75, 3.05) is 0 Å². The van der Waals surface area contributed by atoms with Crippen LogP contribution >= 0.6 is 15.9 Å². The van der Waals surface area contributed by atoms with E-state index in [1.54, 1.807) is 12.4 Å². The van der Waals surface area contributed by atoms with E-state index in [4.69, 9.17) is 0 Å². The maximum Gasteiger partial charge on any atom is 0.135 e. The number of hydrogen-bond acceptors (Lipinski definition) is 3. The fraction of sp³-hybridized carbons (Fsp3) is 0.364. The van der Waals surface area contributed by atoms with Crippen LogP contribution in [-0.2, 0) is 4.79 Å². The highest BCUT2D eigenvalue weighted by molar-refractivity contribution is 9.10. The van der Waals surface area contributed by atoms with Gasteiger partial charge in [0.15, 0.2) is 0 Å². The number of carbonyl (C=O) groups is 1. The van der Waals surface area contributed by atoms with Crippen molar-refractivity contribution in [1.29, 1.82) is 0 Å². The Morgan fingerprint density at radius 3 is 2.67 bits per heavy atom. The molecule has 80 valence electrons. The van der Waals surface area contributed by atoms with E-state index in [1.165, 1.54) is 0 Å². The molecule has 0 N–H and O–H groups in total. The van der Waals surface area contributed by atoms with Crippen molar-refractivity contribution in [3.8, 4) is 0 Å². The lowest BCUT2D eigenvalue weighted by molar-refractivity contribution is -0.107. The van der Waals surface area contributed by atoms with Gasteiger partial charge in [0.25, 0.3) is 0 Å². The molecule has 4 heteroatoms. The van der Waals surface area contributed by atoms with Crippen LogP contribution in [0, 0.1) is 0 Å². The third-order valence-electron chi connectivity index (χ3n) is 2.09. The second kappa shape index (κ2) is 6.45. The molecule has 0 aliphatic heterocycles. The molecular weight excluding hydrogens is 256 g/mol. The number of hydrogen-bond donors (Lipinski definition) is 0. The van der Waals surface area contributed by atoms with Crippen LogP contribution in [-0.4, -0.2) is 16.3 Å². The molecule has 0 aliphatic rings. The van der Waals surface area contributed by atoms with E-state index in [2.05, 4.69) is 32.5 Å². The Morgan fingerprint density at radius 1 is 1.47 bits per heavy atom. The van der Waals surface area contributed by atoms with Crippen molar-refractivity contribution in [3.05, 3.63) is 35.3 Å². The van der Waals surface area contributed by atoms with Gasteiger partial charge in [0.05, 0.1) is 4.47 Å². The van der Waals surface area contributed by atoms with Gasteiger partial charge in [0.1, 0.15) is 12.1 Å². The van der Waals surface area contributed by atoms with Crippen molar-refractivity contribution in [3.63, 3.8) is 0 Å². The zero-order chi connectivity index (χ0) is 11.1. The van der Waals surface area contributed by atoms with E-state index in [0.717, 1.165) is 29.4 Å². The summed E-state index contributed by atoms with van der Waals surface area (Å²) in [6.07, 6.45) is 8.50. The summed E-state index contributed by atoms with van der Waals surface area (Å²) in [5.74, 6) is 0.900. The molecular formula is C11H13BrN2O. The van der Waals surface area contributed by atoms with Gasteiger partial charge in [-0.2, -0.15) is 0 Å². The van der Waals surface area contributed by atoms with Crippen LogP contribution in [0.15, 0.2) is 29.5 Å². The molecule has 0 saturated heterocycles. The molecule has 0 amide bonds. The number of unbranched alkanes of at least 4 members (excludes halogenated alkanes) is 1. The number of rotatable bonds is 6. The molecule has 1 aromatic rings. The van der Waals surface area contributed by atoms with Gasteiger partial charge in [0, 0.05) is 24.7 Å². The monoisotopic (exact) mass is 268 g/mol. The van der Waals surface area contributed by atoms with Gasteiger partial charge in [-0.05, 0) is 28.8 Å². The highest BCUT2D eigenvalue weighted by Gasteiger charge is 2.09. The molecule has 1 unspecified atom stereocenters. The van der Waals surface area contributed by atoms with E-state index >= 15 is 0 Å². The minimum absolute atomic E-state index is 0.137. The molecule has 15 heavy (non-hydrogen) atoms. The van der Waals surface area contributed by atoms with Gasteiger partial charge in [0.2, 0.25) is 0 Å². The number of carbonyl (C=O) groups excluding carboxylic acids is 1. The van der Waals surface area contributed by atoms with Crippen LogP contribution < -0.4 is 0 Å². The number of aldehydes is 1. The molecule has 0 fully saturated rings. The molecule has 1 aromatic heterocycles. The normalized spacial score (nSPS) is 12.1. The quantitative estimate of drug-likeness (QED) is 0.453. The van der Waals surface area contributed by atoms with Crippen molar-refractivity contribution < 1.29 is 4.79 Å². The van der Waals surface area contributed by atoms with Crippen LogP contribution in [0.5, 0.6) is 0 Å². The Bertz CT molecular complexity index is 324. The third-order valence-corrected chi connectivity index (χ3v) is 2.50.